The average Bonchev–Trinajstić information content (AvgIpc) is 2.88. The number of benzene rings is 1. The molecule has 1 heterocycles. The van der Waals surface area contributed by atoms with E-state index in [0.29, 0.717) is 10.0 Å². The average molecular weight is 317 g/mol. The number of thioether (sulfide) groups is 1. The number of hydrogen-bond acceptors (Lipinski definition) is 8. The van der Waals surface area contributed by atoms with Crippen molar-refractivity contribution in [1.82, 2.24) is 4.98 Å². The molecular formula is C12H7N5O2S2. The van der Waals surface area contributed by atoms with E-state index in [0.717, 1.165) is 22.0 Å². The molecule has 2 N–H and O–H groups in total. The summed E-state index contributed by atoms with van der Waals surface area (Å²) in [6, 6.07) is 8.54. The van der Waals surface area contributed by atoms with Gasteiger partial charge in [-0.1, -0.05) is 11.8 Å². The number of aliphatic carboxylic acids is 1. The molecule has 0 aliphatic rings. The number of fused-ring (bicyclic) bond motifs is 1. The molecule has 0 spiro atoms. The Labute approximate surface area is 127 Å². The van der Waals surface area contributed by atoms with E-state index in [-0.39, 0.29) is 11.5 Å². The molecule has 0 radical (unpaired) electrons. The lowest BCUT2D eigenvalue weighted by Gasteiger charge is -1.98. The summed E-state index contributed by atoms with van der Waals surface area (Å²) in [7, 11) is 0. The minimum absolute atomic E-state index is 0.0388. The van der Waals surface area contributed by atoms with Gasteiger partial charge < -0.3 is 5.11 Å². The largest absolute Gasteiger partial charge is 0.481 e. The van der Waals surface area contributed by atoms with Crippen molar-refractivity contribution in [2.45, 2.75) is 4.34 Å². The Hall–Kier alpha value is -2.62. The molecule has 0 saturated carbocycles. The maximum atomic E-state index is 10.5. The van der Waals surface area contributed by atoms with Crippen molar-refractivity contribution in [1.29, 1.82) is 10.5 Å². The van der Waals surface area contributed by atoms with Gasteiger partial charge in [0.2, 0.25) is 5.71 Å². The highest BCUT2D eigenvalue weighted by molar-refractivity contribution is 8.01. The standard InChI is InChI=1S/C12H7N5O2S2/c13-4-8(5-14)17-16-7-1-2-9-10(3-7)21-12(15-9)20-6-11(18)19/h1-3,16H,6H2,(H,18,19). The van der Waals surface area contributed by atoms with E-state index in [9.17, 15) is 4.79 Å². The van der Waals surface area contributed by atoms with Gasteiger partial charge in [-0.3, -0.25) is 10.2 Å². The lowest BCUT2D eigenvalue weighted by atomic mass is 10.3. The molecule has 0 aliphatic heterocycles. The molecule has 2 rings (SSSR count). The minimum atomic E-state index is -0.892. The highest BCUT2D eigenvalue weighted by atomic mass is 32.2. The summed E-state index contributed by atoms with van der Waals surface area (Å²) in [5, 5.41) is 29.5. The van der Waals surface area contributed by atoms with Gasteiger partial charge in [-0.05, 0) is 18.2 Å². The third-order valence-electron chi connectivity index (χ3n) is 2.20. The van der Waals surface area contributed by atoms with Crippen LogP contribution in [0, 0.1) is 22.7 Å². The zero-order valence-corrected chi connectivity index (χ0v) is 12.0. The molecule has 0 saturated heterocycles. The maximum absolute atomic E-state index is 10.5. The zero-order valence-electron chi connectivity index (χ0n) is 10.4. The van der Waals surface area contributed by atoms with Gasteiger partial charge in [0.15, 0.2) is 4.34 Å². The molecule has 0 aliphatic carbocycles. The van der Waals surface area contributed by atoms with Crippen LogP contribution in [-0.2, 0) is 4.79 Å². The number of nitriles is 2. The summed E-state index contributed by atoms with van der Waals surface area (Å²) in [5.74, 6) is -0.931. The summed E-state index contributed by atoms with van der Waals surface area (Å²) in [4.78, 5) is 14.8. The molecule has 1 aromatic carbocycles. The quantitative estimate of drug-likeness (QED) is 0.492. The van der Waals surface area contributed by atoms with Crippen LogP contribution >= 0.6 is 23.1 Å². The summed E-state index contributed by atoms with van der Waals surface area (Å²) in [5.41, 5.74) is 3.72. The van der Waals surface area contributed by atoms with Gasteiger partial charge in [-0.15, -0.1) is 11.3 Å². The first-order valence-corrected chi connectivity index (χ1v) is 7.31. The lowest BCUT2D eigenvalue weighted by Crippen LogP contribution is -1.96. The van der Waals surface area contributed by atoms with Crippen LogP contribution in [0.3, 0.4) is 0 Å². The second kappa shape index (κ2) is 6.70. The minimum Gasteiger partial charge on any atom is -0.481 e. The van der Waals surface area contributed by atoms with Gasteiger partial charge in [0, 0.05) is 0 Å². The van der Waals surface area contributed by atoms with Crippen molar-refractivity contribution in [3.63, 3.8) is 0 Å². The first-order valence-electron chi connectivity index (χ1n) is 5.51. The second-order valence-corrected chi connectivity index (χ2v) is 5.89. The van der Waals surface area contributed by atoms with Crippen molar-refractivity contribution in [3.8, 4) is 12.1 Å². The Balaban J connectivity index is 2.18. The highest BCUT2D eigenvalue weighted by Crippen LogP contribution is 2.31. The van der Waals surface area contributed by atoms with Crippen molar-refractivity contribution < 1.29 is 9.90 Å². The van der Waals surface area contributed by atoms with E-state index in [2.05, 4.69) is 15.5 Å². The number of hydrazone groups is 1. The molecule has 104 valence electrons. The normalized spacial score (nSPS) is 9.62. The van der Waals surface area contributed by atoms with Crippen molar-refractivity contribution >= 4 is 50.7 Å². The van der Waals surface area contributed by atoms with Crippen molar-refractivity contribution in [2.75, 3.05) is 11.2 Å². The number of aromatic nitrogens is 1. The first-order chi connectivity index (χ1) is 10.1. The van der Waals surface area contributed by atoms with Gasteiger partial charge in [-0.2, -0.15) is 15.6 Å². The van der Waals surface area contributed by atoms with E-state index >= 15 is 0 Å². The number of carbonyl (C=O) groups is 1. The van der Waals surface area contributed by atoms with Crippen molar-refractivity contribution in [2.24, 2.45) is 5.10 Å². The fourth-order valence-electron chi connectivity index (χ4n) is 1.35. The number of carboxylic acid groups (broad SMARTS) is 1. The Bertz CT molecular complexity index is 784. The molecular weight excluding hydrogens is 310 g/mol. The smallest absolute Gasteiger partial charge is 0.313 e. The molecule has 0 atom stereocenters. The number of hydrogen-bond donors (Lipinski definition) is 2. The predicted octanol–water partition coefficient (Wildman–Crippen LogP) is 2.29. The summed E-state index contributed by atoms with van der Waals surface area (Å²) in [6.07, 6.45) is 0. The van der Waals surface area contributed by atoms with Gasteiger partial charge >= 0.3 is 5.97 Å². The van der Waals surface area contributed by atoms with E-state index in [1.54, 1.807) is 30.3 Å². The fraction of sp³-hybridized carbons (Fsp3) is 0.0833. The number of nitrogens with zero attached hydrogens (tertiary/aromatic N) is 4. The van der Waals surface area contributed by atoms with Crippen LogP contribution in [0.4, 0.5) is 5.69 Å². The molecule has 0 bridgehead atoms. The van der Waals surface area contributed by atoms with Crippen LogP contribution in [0.25, 0.3) is 10.2 Å². The number of carboxylic acids is 1. The highest BCUT2D eigenvalue weighted by Gasteiger charge is 2.07. The van der Waals surface area contributed by atoms with E-state index in [4.69, 9.17) is 15.6 Å². The Morgan fingerprint density at radius 1 is 1.48 bits per heavy atom. The Morgan fingerprint density at radius 3 is 2.90 bits per heavy atom. The molecule has 0 fully saturated rings. The van der Waals surface area contributed by atoms with E-state index in [1.807, 2.05) is 0 Å². The lowest BCUT2D eigenvalue weighted by molar-refractivity contribution is -0.133. The molecule has 21 heavy (non-hydrogen) atoms. The number of anilines is 1. The van der Waals surface area contributed by atoms with Crippen LogP contribution in [0.2, 0.25) is 0 Å². The van der Waals surface area contributed by atoms with Crippen molar-refractivity contribution in [3.05, 3.63) is 18.2 Å². The third-order valence-corrected chi connectivity index (χ3v) is 4.34. The second-order valence-electron chi connectivity index (χ2n) is 3.64. The Morgan fingerprint density at radius 2 is 2.24 bits per heavy atom. The van der Waals surface area contributed by atoms with Crippen LogP contribution in [0.15, 0.2) is 27.6 Å². The number of nitrogens with one attached hydrogen (secondary N) is 1. The van der Waals surface area contributed by atoms with Crippen LogP contribution in [0.1, 0.15) is 0 Å². The van der Waals surface area contributed by atoms with Gasteiger partial charge in [0.25, 0.3) is 0 Å². The summed E-state index contributed by atoms with van der Waals surface area (Å²) in [6.45, 7) is 0. The maximum Gasteiger partial charge on any atom is 0.313 e. The Kier molecular flexibility index (Phi) is 4.72. The molecule has 0 unspecified atom stereocenters. The monoisotopic (exact) mass is 317 g/mol. The van der Waals surface area contributed by atoms with Gasteiger partial charge in [0.1, 0.15) is 12.1 Å². The van der Waals surface area contributed by atoms with Crippen LogP contribution < -0.4 is 5.43 Å². The number of rotatable bonds is 5. The summed E-state index contributed by atoms with van der Waals surface area (Å²) < 4.78 is 1.53. The molecule has 2 aromatic rings. The number of thiazole rings is 1. The molecule has 9 heteroatoms. The fourth-order valence-corrected chi connectivity index (χ4v) is 3.18. The molecule has 0 amide bonds. The van der Waals surface area contributed by atoms with Gasteiger partial charge in [0.05, 0.1) is 21.7 Å². The predicted molar refractivity (Wildman–Crippen MR) is 80.3 cm³/mol. The first kappa shape index (κ1) is 14.8. The van der Waals surface area contributed by atoms with Crippen LogP contribution in [-0.4, -0.2) is 27.5 Å². The zero-order chi connectivity index (χ0) is 15.2. The van der Waals surface area contributed by atoms with Crippen LogP contribution in [0.5, 0.6) is 0 Å². The molecule has 1 aromatic heterocycles. The van der Waals surface area contributed by atoms with E-state index < -0.39 is 5.97 Å². The topological polar surface area (TPSA) is 122 Å². The van der Waals surface area contributed by atoms with E-state index in [1.165, 1.54) is 11.3 Å². The third kappa shape index (κ3) is 3.92. The molecule has 7 nitrogen and oxygen atoms in total. The van der Waals surface area contributed by atoms with Gasteiger partial charge in [-0.25, -0.2) is 4.98 Å². The SMILES string of the molecule is N#CC(C#N)=NNc1ccc2nc(SCC(=O)O)sc2c1. The summed E-state index contributed by atoms with van der Waals surface area (Å²) >= 11 is 2.53.